The van der Waals surface area contributed by atoms with Gasteiger partial charge in [-0.3, -0.25) is 4.79 Å². The maximum Gasteiger partial charge on any atom is 0.238 e. The zero-order valence-corrected chi connectivity index (χ0v) is 13.9. The minimum atomic E-state index is -0.324. The Labute approximate surface area is 141 Å². The summed E-state index contributed by atoms with van der Waals surface area (Å²) in [5, 5.41) is 5.84. The fraction of sp³-hybridized carbons (Fsp3) is 0.316. The molecule has 3 rings (SSSR count). The lowest BCUT2D eigenvalue weighted by Gasteiger charge is -2.16. The van der Waals surface area contributed by atoms with Crippen LogP contribution in [0.4, 0.5) is 10.1 Å². The Balaban J connectivity index is 1.48. The van der Waals surface area contributed by atoms with Crippen LogP contribution in [0.3, 0.4) is 0 Å². The summed E-state index contributed by atoms with van der Waals surface area (Å²) in [5.41, 5.74) is 2.75. The van der Waals surface area contributed by atoms with Crippen LogP contribution in [0.15, 0.2) is 42.5 Å². The molecular weight excluding hydrogens is 307 g/mol. The molecule has 0 aromatic heterocycles. The molecule has 0 spiro atoms. The summed E-state index contributed by atoms with van der Waals surface area (Å²) in [6, 6.07) is 11.8. The van der Waals surface area contributed by atoms with Crippen molar-refractivity contribution in [1.82, 2.24) is 5.32 Å². The molecule has 0 bridgehead atoms. The lowest BCUT2D eigenvalue weighted by molar-refractivity contribution is -0.115. The molecular formula is C19H21FN2O2. The molecule has 1 amide bonds. The molecule has 2 N–H and O–H groups in total. The van der Waals surface area contributed by atoms with Crippen molar-refractivity contribution in [1.29, 1.82) is 0 Å². The van der Waals surface area contributed by atoms with Gasteiger partial charge in [0.05, 0.1) is 6.54 Å². The Morgan fingerprint density at radius 3 is 2.71 bits per heavy atom. The molecule has 24 heavy (non-hydrogen) atoms. The number of hydrogen-bond acceptors (Lipinski definition) is 3. The third-order valence-corrected chi connectivity index (χ3v) is 3.87. The second-order valence-corrected chi connectivity index (χ2v) is 6.64. The van der Waals surface area contributed by atoms with Crippen molar-refractivity contribution in [3.05, 3.63) is 59.4 Å². The second kappa shape index (κ2) is 6.61. The number of amides is 1. The van der Waals surface area contributed by atoms with Crippen LogP contribution in [0, 0.1) is 5.82 Å². The minimum Gasteiger partial charge on any atom is -0.487 e. The first-order chi connectivity index (χ1) is 11.4. The van der Waals surface area contributed by atoms with Crippen LogP contribution in [0.1, 0.15) is 25.0 Å². The predicted octanol–water partition coefficient (Wildman–Crippen LogP) is 3.27. The molecule has 0 atom stereocenters. The highest BCUT2D eigenvalue weighted by Gasteiger charge is 2.29. The van der Waals surface area contributed by atoms with Crippen LogP contribution in [-0.4, -0.2) is 18.1 Å². The molecule has 0 fully saturated rings. The number of carbonyl (C=O) groups is 1. The molecule has 0 saturated carbocycles. The summed E-state index contributed by atoms with van der Waals surface area (Å²) in [4.78, 5) is 11.9. The number of halogens is 1. The van der Waals surface area contributed by atoms with Crippen molar-refractivity contribution in [2.75, 3.05) is 11.9 Å². The summed E-state index contributed by atoms with van der Waals surface area (Å²) in [6.45, 7) is 4.94. The van der Waals surface area contributed by atoms with Gasteiger partial charge in [-0.05, 0) is 55.3 Å². The minimum absolute atomic E-state index is 0.149. The summed E-state index contributed by atoms with van der Waals surface area (Å²) < 4.78 is 18.7. The van der Waals surface area contributed by atoms with Crippen molar-refractivity contribution in [2.24, 2.45) is 0 Å². The largest absolute Gasteiger partial charge is 0.487 e. The van der Waals surface area contributed by atoms with E-state index in [0.717, 1.165) is 17.7 Å². The first kappa shape index (κ1) is 16.5. The number of rotatable bonds is 5. The van der Waals surface area contributed by atoms with Crippen LogP contribution < -0.4 is 15.4 Å². The highest BCUT2D eigenvalue weighted by atomic mass is 19.1. The molecule has 0 unspecified atom stereocenters. The first-order valence-electron chi connectivity index (χ1n) is 7.98. The summed E-state index contributed by atoms with van der Waals surface area (Å²) in [7, 11) is 0. The number of nitrogens with one attached hydrogen (secondary N) is 2. The van der Waals surface area contributed by atoms with E-state index in [4.69, 9.17) is 4.74 Å². The van der Waals surface area contributed by atoms with Crippen LogP contribution >= 0.6 is 0 Å². The maximum absolute atomic E-state index is 12.8. The van der Waals surface area contributed by atoms with Crippen LogP contribution in [0.5, 0.6) is 5.75 Å². The van der Waals surface area contributed by atoms with E-state index in [1.54, 1.807) is 0 Å². The van der Waals surface area contributed by atoms with Gasteiger partial charge in [-0.1, -0.05) is 12.1 Å². The van der Waals surface area contributed by atoms with Crippen LogP contribution in [0.2, 0.25) is 0 Å². The van der Waals surface area contributed by atoms with Gasteiger partial charge in [0.1, 0.15) is 17.2 Å². The fourth-order valence-corrected chi connectivity index (χ4v) is 2.83. The number of anilines is 1. The van der Waals surface area contributed by atoms with Crippen LogP contribution in [-0.2, 0) is 17.8 Å². The van der Waals surface area contributed by atoms with Gasteiger partial charge in [0.25, 0.3) is 0 Å². The Bertz CT molecular complexity index is 742. The van der Waals surface area contributed by atoms with Crippen molar-refractivity contribution < 1.29 is 13.9 Å². The Morgan fingerprint density at radius 1 is 1.21 bits per heavy atom. The van der Waals surface area contributed by atoms with E-state index in [-0.39, 0.29) is 23.9 Å². The lowest BCUT2D eigenvalue weighted by atomic mass is 10.0. The third-order valence-electron chi connectivity index (χ3n) is 3.87. The van der Waals surface area contributed by atoms with Gasteiger partial charge in [-0.15, -0.1) is 0 Å². The van der Waals surface area contributed by atoms with Crippen molar-refractivity contribution in [3.63, 3.8) is 0 Å². The normalized spacial score (nSPS) is 14.8. The molecule has 126 valence electrons. The van der Waals surface area contributed by atoms with E-state index in [1.807, 2.05) is 12.1 Å². The fourth-order valence-electron chi connectivity index (χ4n) is 2.83. The smallest absolute Gasteiger partial charge is 0.238 e. The number of fused-ring (bicyclic) bond motifs is 1. The van der Waals surface area contributed by atoms with Gasteiger partial charge in [0, 0.05) is 18.7 Å². The molecule has 0 radical (unpaired) electrons. The SMILES string of the molecule is CC1(C)Cc2cc(CNCC(=O)Nc3ccc(F)cc3)ccc2O1. The Kier molecular flexibility index (Phi) is 4.53. The molecule has 1 aliphatic rings. The lowest BCUT2D eigenvalue weighted by Crippen LogP contribution is -2.27. The molecule has 5 heteroatoms. The van der Waals surface area contributed by atoms with E-state index in [9.17, 15) is 9.18 Å². The van der Waals surface area contributed by atoms with Crippen molar-refractivity contribution in [3.8, 4) is 5.75 Å². The molecule has 2 aromatic carbocycles. The zero-order valence-electron chi connectivity index (χ0n) is 13.9. The van der Waals surface area contributed by atoms with Gasteiger partial charge in [-0.2, -0.15) is 0 Å². The van der Waals surface area contributed by atoms with Crippen molar-refractivity contribution >= 4 is 11.6 Å². The quantitative estimate of drug-likeness (QED) is 0.886. The van der Waals surface area contributed by atoms with Crippen molar-refractivity contribution in [2.45, 2.75) is 32.4 Å². The van der Waals surface area contributed by atoms with Gasteiger partial charge in [0.2, 0.25) is 5.91 Å². The molecule has 4 nitrogen and oxygen atoms in total. The topological polar surface area (TPSA) is 50.4 Å². The molecule has 0 saturated heterocycles. The van der Waals surface area contributed by atoms with Crippen LogP contribution in [0.25, 0.3) is 0 Å². The second-order valence-electron chi connectivity index (χ2n) is 6.64. The molecule has 2 aromatic rings. The first-order valence-corrected chi connectivity index (χ1v) is 7.98. The summed E-state index contributed by atoms with van der Waals surface area (Å²) >= 11 is 0. The van der Waals surface area contributed by atoms with Gasteiger partial charge in [-0.25, -0.2) is 4.39 Å². The average molecular weight is 328 g/mol. The number of hydrogen-bond donors (Lipinski definition) is 2. The predicted molar refractivity (Wildman–Crippen MR) is 91.6 cm³/mol. The van der Waals surface area contributed by atoms with E-state index in [0.29, 0.717) is 12.2 Å². The summed E-state index contributed by atoms with van der Waals surface area (Å²) in [6.07, 6.45) is 0.890. The zero-order chi connectivity index (χ0) is 17.2. The van der Waals surface area contributed by atoms with Gasteiger partial charge in [0.15, 0.2) is 0 Å². The molecule has 0 aliphatic carbocycles. The van der Waals surface area contributed by atoms with Gasteiger partial charge < -0.3 is 15.4 Å². The standard InChI is InChI=1S/C19H21FN2O2/c1-19(2)10-14-9-13(3-8-17(14)24-19)11-21-12-18(23)22-16-6-4-15(20)5-7-16/h3-9,21H,10-12H2,1-2H3,(H,22,23). The summed E-state index contributed by atoms with van der Waals surface area (Å²) in [5.74, 6) is 0.458. The molecule has 1 aliphatic heterocycles. The average Bonchev–Trinajstić information content (AvgIpc) is 2.82. The molecule has 1 heterocycles. The Hall–Kier alpha value is -2.40. The number of benzene rings is 2. The van der Waals surface area contributed by atoms with Gasteiger partial charge >= 0.3 is 0 Å². The highest BCUT2D eigenvalue weighted by molar-refractivity contribution is 5.92. The monoisotopic (exact) mass is 328 g/mol. The third kappa shape index (κ3) is 4.11. The highest BCUT2D eigenvalue weighted by Crippen LogP contribution is 2.35. The number of ether oxygens (including phenoxy) is 1. The maximum atomic E-state index is 12.8. The number of carbonyl (C=O) groups excluding carboxylic acids is 1. The van der Waals surface area contributed by atoms with E-state index in [2.05, 4.69) is 30.5 Å². The Morgan fingerprint density at radius 2 is 1.96 bits per heavy atom. The van der Waals surface area contributed by atoms with E-state index >= 15 is 0 Å². The van der Waals surface area contributed by atoms with E-state index < -0.39 is 0 Å². The van der Waals surface area contributed by atoms with E-state index in [1.165, 1.54) is 29.8 Å².